The maximum absolute atomic E-state index is 12.8. The van der Waals surface area contributed by atoms with E-state index in [0.717, 1.165) is 12.6 Å². The smallest absolute Gasteiger partial charge is 0.272 e. The molecule has 6 nitrogen and oxygen atoms in total. The summed E-state index contributed by atoms with van der Waals surface area (Å²) in [5, 5.41) is 4.02. The third-order valence-electron chi connectivity index (χ3n) is 3.78. The lowest BCUT2D eigenvalue weighted by Gasteiger charge is -2.16. The van der Waals surface area contributed by atoms with Crippen LogP contribution in [0.15, 0.2) is 30.6 Å². The molecule has 116 valence electrons. The Labute approximate surface area is 127 Å². The largest absolute Gasteiger partial charge is 0.477 e. The standard InChI is InChI=1S/C15H17FN4O2/c1-19-13(4-6-18-19)15(21)20-7-5-11(9-20)10-22-14-3-2-12(16)8-17-14/h2-4,6,8,11H,5,7,9-10H2,1H3. The number of ether oxygens (including phenoxy) is 1. The van der Waals surface area contributed by atoms with Crippen molar-refractivity contribution in [3.63, 3.8) is 0 Å². The van der Waals surface area contributed by atoms with E-state index < -0.39 is 0 Å². The molecule has 3 rings (SSSR count). The van der Waals surface area contributed by atoms with Gasteiger partial charge in [-0.15, -0.1) is 0 Å². The van der Waals surface area contributed by atoms with Crippen molar-refractivity contribution in [3.8, 4) is 5.88 Å². The van der Waals surface area contributed by atoms with Gasteiger partial charge >= 0.3 is 0 Å². The highest BCUT2D eigenvalue weighted by molar-refractivity contribution is 5.92. The van der Waals surface area contributed by atoms with E-state index in [1.807, 2.05) is 4.90 Å². The third-order valence-corrected chi connectivity index (χ3v) is 3.78. The first-order chi connectivity index (χ1) is 10.6. The molecule has 0 aliphatic carbocycles. The number of carbonyl (C=O) groups is 1. The summed E-state index contributed by atoms with van der Waals surface area (Å²) in [6.07, 6.45) is 3.62. The number of nitrogens with zero attached hydrogens (tertiary/aromatic N) is 4. The van der Waals surface area contributed by atoms with Crippen molar-refractivity contribution in [2.75, 3.05) is 19.7 Å². The second kappa shape index (κ2) is 6.13. The molecule has 1 atom stereocenters. The average molecular weight is 304 g/mol. The first-order valence-electron chi connectivity index (χ1n) is 7.15. The van der Waals surface area contributed by atoms with Crippen LogP contribution < -0.4 is 4.74 Å². The number of rotatable bonds is 4. The fraction of sp³-hybridized carbons (Fsp3) is 0.400. The van der Waals surface area contributed by atoms with Crippen molar-refractivity contribution < 1.29 is 13.9 Å². The van der Waals surface area contributed by atoms with E-state index in [9.17, 15) is 9.18 Å². The Morgan fingerprint density at radius 1 is 1.45 bits per heavy atom. The fourth-order valence-corrected chi connectivity index (χ4v) is 2.55. The summed E-state index contributed by atoms with van der Waals surface area (Å²) in [6.45, 7) is 1.81. The highest BCUT2D eigenvalue weighted by atomic mass is 19.1. The average Bonchev–Trinajstić information content (AvgIpc) is 3.15. The number of hydrogen-bond donors (Lipinski definition) is 0. The van der Waals surface area contributed by atoms with Crippen LogP contribution in [0.5, 0.6) is 5.88 Å². The maximum Gasteiger partial charge on any atom is 0.272 e. The van der Waals surface area contributed by atoms with Gasteiger partial charge in [0.1, 0.15) is 11.5 Å². The van der Waals surface area contributed by atoms with Gasteiger partial charge in [-0.3, -0.25) is 9.48 Å². The van der Waals surface area contributed by atoms with Crippen LogP contribution in [0.4, 0.5) is 4.39 Å². The first kappa shape index (κ1) is 14.5. The first-order valence-corrected chi connectivity index (χ1v) is 7.15. The maximum atomic E-state index is 12.8. The van der Waals surface area contributed by atoms with Gasteiger partial charge in [0.25, 0.3) is 5.91 Å². The van der Waals surface area contributed by atoms with Gasteiger partial charge in [0, 0.05) is 38.3 Å². The van der Waals surface area contributed by atoms with E-state index in [0.29, 0.717) is 31.3 Å². The van der Waals surface area contributed by atoms with Gasteiger partial charge in [-0.2, -0.15) is 5.10 Å². The number of aromatic nitrogens is 3. The lowest BCUT2D eigenvalue weighted by Crippen LogP contribution is -2.31. The van der Waals surface area contributed by atoms with E-state index in [4.69, 9.17) is 4.74 Å². The Hall–Kier alpha value is -2.44. The van der Waals surface area contributed by atoms with Crippen molar-refractivity contribution in [2.24, 2.45) is 13.0 Å². The topological polar surface area (TPSA) is 60.2 Å². The number of carbonyl (C=O) groups excluding carboxylic acids is 1. The van der Waals surface area contributed by atoms with Crippen LogP contribution in [-0.4, -0.2) is 45.3 Å². The van der Waals surface area contributed by atoms with E-state index >= 15 is 0 Å². The van der Waals surface area contributed by atoms with Crippen molar-refractivity contribution >= 4 is 5.91 Å². The van der Waals surface area contributed by atoms with Crippen LogP contribution in [0.2, 0.25) is 0 Å². The second-order valence-corrected chi connectivity index (χ2v) is 5.37. The van der Waals surface area contributed by atoms with Crippen LogP contribution in [-0.2, 0) is 7.05 Å². The summed E-state index contributed by atoms with van der Waals surface area (Å²) in [5.41, 5.74) is 0.585. The minimum absolute atomic E-state index is 0.0117. The molecule has 2 aromatic heterocycles. The van der Waals surface area contributed by atoms with Crippen molar-refractivity contribution in [1.82, 2.24) is 19.7 Å². The fourth-order valence-electron chi connectivity index (χ4n) is 2.55. The minimum atomic E-state index is -0.388. The monoisotopic (exact) mass is 304 g/mol. The second-order valence-electron chi connectivity index (χ2n) is 5.37. The molecule has 0 saturated carbocycles. The van der Waals surface area contributed by atoms with Gasteiger partial charge in [-0.1, -0.05) is 0 Å². The Morgan fingerprint density at radius 3 is 3.00 bits per heavy atom. The number of amides is 1. The highest BCUT2D eigenvalue weighted by Crippen LogP contribution is 2.19. The SMILES string of the molecule is Cn1nccc1C(=O)N1CCC(COc2ccc(F)cn2)C1. The molecule has 0 aromatic carbocycles. The van der Waals surface area contributed by atoms with Crippen LogP contribution in [0, 0.1) is 11.7 Å². The minimum Gasteiger partial charge on any atom is -0.477 e. The molecule has 3 heterocycles. The van der Waals surface area contributed by atoms with Crippen LogP contribution in [0.3, 0.4) is 0 Å². The molecule has 1 aliphatic rings. The summed E-state index contributed by atoms with van der Waals surface area (Å²) in [5.74, 6) is 0.255. The summed E-state index contributed by atoms with van der Waals surface area (Å²) >= 11 is 0. The van der Waals surface area contributed by atoms with E-state index in [-0.39, 0.29) is 17.6 Å². The van der Waals surface area contributed by atoms with E-state index in [1.54, 1.807) is 24.0 Å². The zero-order valence-corrected chi connectivity index (χ0v) is 12.3. The number of pyridine rings is 1. The van der Waals surface area contributed by atoms with Gasteiger partial charge in [0.15, 0.2) is 0 Å². The van der Waals surface area contributed by atoms with E-state index in [2.05, 4.69) is 10.1 Å². The summed E-state index contributed by atoms with van der Waals surface area (Å²) in [4.78, 5) is 18.0. The molecule has 7 heteroatoms. The highest BCUT2D eigenvalue weighted by Gasteiger charge is 2.28. The Balaban J connectivity index is 1.53. The zero-order valence-electron chi connectivity index (χ0n) is 12.3. The molecular weight excluding hydrogens is 287 g/mol. The molecule has 2 aromatic rings. The van der Waals surface area contributed by atoms with Gasteiger partial charge in [-0.05, 0) is 18.6 Å². The molecule has 0 N–H and O–H groups in total. The summed E-state index contributed by atoms with van der Waals surface area (Å²) in [6, 6.07) is 4.53. The predicted octanol–water partition coefficient (Wildman–Crippen LogP) is 1.50. The molecule has 1 fully saturated rings. The quantitative estimate of drug-likeness (QED) is 0.859. The molecular formula is C15H17FN4O2. The Bertz CT molecular complexity index is 656. The molecule has 1 aliphatic heterocycles. The number of likely N-dealkylation sites (tertiary alicyclic amines) is 1. The Kier molecular flexibility index (Phi) is 4.04. The summed E-state index contributed by atoms with van der Waals surface area (Å²) in [7, 11) is 1.75. The predicted molar refractivity (Wildman–Crippen MR) is 76.9 cm³/mol. The van der Waals surface area contributed by atoms with Crippen LogP contribution >= 0.6 is 0 Å². The molecule has 0 spiro atoms. The molecule has 1 amide bonds. The molecule has 0 radical (unpaired) electrons. The molecule has 0 bridgehead atoms. The molecule has 1 unspecified atom stereocenters. The van der Waals surface area contributed by atoms with Gasteiger partial charge in [0.05, 0.1) is 12.8 Å². The van der Waals surface area contributed by atoms with Gasteiger partial charge in [-0.25, -0.2) is 9.37 Å². The number of hydrogen-bond acceptors (Lipinski definition) is 4. The number of aryl methyl sites for hydroxylation is 1. The van der Waals surface area contributed by atoms with E-state index in [1.165, 1.54) is 12.1 Å². The summed E-state index contributed by atoms with van der Waals surface area (Å²) < 4.78 is 19.9. The Morgan fingerprint density at radius 2 is 2.32 bits per heavy atom. The zero-order chi connectivity index (χ0) is 15.5. The van der Waals surface area contributed by atoms with Crippen LogP contribution in [0.1, 0.15) is 16.9 Å². The lowest BCUT2D eigenvalue weighted by atomic mass is 10.1. The number of halogens is 1. The lowest BCUT2D eigenvalue weighted by molar-refractivity contribution is 0.0772. The third kappa shape index (κ3) is 3.08. The van der Waals surface area contributed by atoms with Crippen molar-refractivity contribution in [2.45, 2.75) is 6.42 Å². The van der Waals surface area contributed by atoms with Gasteiger partial charge < -0.3 is 9.64 Å². The van der Waals surface area contributed by atoms with Gasteiger partial charge in [0.2, 0.25) is 5.88 Å². The van der Waals surface area contributed by atoms with Crippen molar-refractivity contribution in [1.29, 1.82) is 0 Å². The molecule has 1 saturated heterocycles. The molecule has 22 heavy (non-hydrogen) atoms. The normalized spacial score (nSPS) is 17.7. The van der Waals surface area contributed by atoms with Crippen molar-refractivity contribution in [3.05, 3.63) is 42.1 Å². The van der Waals surface area contributed by atoms with Crippen LogP contribution in [0.25, 0.3) is 0 Å².